The van der Waals surface area contributed by atoms with Crippen LogP contribution in [-0.2, 0) is 0 Å². The molecule has 3 aromatic carbocycles. The molecule has 3 aromatic rings. The van der Waals surface area contributed by atoms with Gasteiger partial charge in [0.2, 0.25) is 0 Å². The summed E-state index contributed by atoms with van der Waals surface area (Å²) in [4.78, 5) is 49.6. The maximum atomic E-state index is 13.7. The summed E-state index contributed by atoms with van der Waals surface area (Å²) >= 11 is 5.90. The number of imide groups is 1. The van der Waals surface area contributed by atoms with Crippen molar-refractivity contribution in [2.45, 2.75) is 0 Å². The molecule has 0 saturated carbocycles. The third-order valence-electron chi connectivity index (χ3n) is 4.93. The minimum Gasteiger partial charge on any atom is -0.478 e. The van der Waals surface area contributed by atoms with Gasteiger partial charge in [0, 0.05) is 0 Å². The minimum atomic E-state index is -1.45. The van der Waals surface area contributed by atoms with Crippen LogP contribution in [0.3, 0.4) is 0 Å². The lowest BCUT2D eigenvalue weighted by Gasteiger charge is -2.18. The molecule has 0 bridgehead atoms. The van der Waals surface area contributed by atoms with Gasteiger partial charge in [0.05, 0.1) is 33.0 Å². The predicted molar refractivity (Wildman–Crippen MR) is 108 cm³/mol. The maximum Gasteiger partial charge on any atom is 0.337 e. The fraction of sp³-hybridized carbons (Fsp3) is 0. The van der Waals surface area contributed by atoms with Gasteiger partial charge >= 0.3 is 11.9 Å². The molecular formula is C22H10ClF2NO6. The molecule has 2 amide bonds. The van der Waals surface area contributed by atoms with Gasteiger partial charge in [0.1, 0.15) is 0 Å². The summed E-state index contributed by atoms with van der Waals surface area (Å²) in [6.45, 7) is 0. The molecule has 10 heteroatoms. The monoisotopic (exact) mass is 457 g/mol. The number of carbonyl (C=O) groups excluding carboxylic acids is 2. The second kappa shape index (κ2) is 7.54. The van der Waals surface area contributed by atoms with E-state index in [1.807, 2.05) is 0 Å². The Morgan fingerprint density at radius 1 is 0.750 bits per heavy atom. The van der Waals surface area contributed by atoms with E-state index in [0.717, 1.165) is 30.3 Å². The smallest absolute Gasteiger partial charge is 0.337 e. The first kappa shape index (κ1) is 21.1. The van der Waals surface area contributed by atoms with Crippen LogP contribution in [0.4, 0.5) is 14.5 Å². The van der Waals surface area contributed by atoms with E-state index in [1.165, 1.54) is 18.2 Å². The Hall–Kier alpha value is -4.11. The number of benzene rings is 3. The maximum absolute atomic E-state index is 13.7. The third kappa shape index (κ3) is 3.28. The summed E-state index contributed by atoms with van der Waals surface area (Å²) in [5.74, 6) is -6.94. The van der Waals surface area contributed by atoms with Gasteiger partial charge < -0.3 is 10.2 Å². The highest BCUT2D eigenvalue weighted by Gasteiger charge is 2.40. The molecule has 0 aliphatic carbocycles. The second-order valence-corrected chi connectivity index (χ2v) is 7.20. The number of rotatable bonds is 4. The molecule has 0 atom stereocenters. The third-order valence-corrected chi connectivity index (χ3v) is 5.24. The highest BCUT2D eigenvalue weighted by atomic mass is 35.5. The van der Waals surface area contributed by atoms with E-state index in [0.29, 0.717) is 4.90 Å². The minimum absolute atomic E-state index is 0.176. The van der Waals surface area contributed by atoms with Gasteiger partial charge in [0.15, 0.2) is 11.6 Å². The van der Waals surface area contributed by atoms with Gasteiger partial charge in [-0.05, 0) is 47.5 Å². The summed E-state index contributed by atoms with van der Waals surface area (Å²) in [5.41, 5.74) is -1.19. The summed E-state index contributed by atoms with van der Waals surface area (Å²) < 4.78 is 27.0. The van der Waals surface area contributed by atoms with Crippen molar-refractivity contribution in [2.75, 3.05) is 4.90 Å². The zero-order valence-corrected chi connectivity index (χ0v) is 16.5. The Labute approximate surface area is 183 Å². The van der Waals surface area contributed by atoms with Crippen molar-refractivity contribution >= 4 is 41.0 Å². The number of halogens is 3. The summed E-state index contributed by atoms with van der Waals surface area (Å²) in [6, 6.07) is 8.60. The van der Waals surface area contributed by atoms with Gasteiger partial charge in [-0.3, -0.25) is 9.59 Å². The Bertz CT molecular complexity index is 1370. The van der Waals surface area contributed by atoms with Crippen LogP contribution in [0.2, 0.25) is 5.02 Å². The van der Waals surface area contributed by atoms with E-state index in [1.54, 1.807) is 0 Å². The summed E-state index contributed by atoms with van der Waals surface area (Å²) in [5, 5.41) is 18.5. The molecule has 32 heavy (non-hydrogen) atoms. The standard InChI is InChI=1S/C22H10ClF2NO6/c23-15-8-13-12(7-14(15)22(31)32)19(27)26(20(13)28)18-6-10(1-3-11(18)21(29)30)9-2-4-16(24)17(25)5-9/h1-8H,(H,29,30)(H,31,32). The average molecular weight is 458 g/mol. The van der Waals surface area contributed by atoms with Crippen molar-refractivity contribution in [1.82, 2.24) is 0 Å². The number of carboxylic acid groups (broad SMARTS) is 2. The van der Waals surface area contributed by atoms with Gasteiger partial charge in [-0.25, -0.2) is 23.3 Å². The fourth-order valence-corrected chi connectivity index (χ4v) is 3.64. The van der Waals surface area contributed by atoms with Crippen molar-refractivity contribution in [3.05, 3.63) is 87.4 Å². The van der Waals surface area contributed by atoms with E-state index in [4.69, 9.17) is 11.6 Å². The molecule has 0 spiro atoms. The van der Waals surface area contributed by atoms with Crippen molar-refractivity contribution in [1.29, 1.82) is 0 Å². The zero-order chi connectivity index (χ0) is 23.3. The van der Waals surface area contributed by atoms with E-state index in [2.05, 4.69) is 0 Å². The first-order valence-corrected chi connectivity index (χ1v) is 9.26. The Morgan fingerprint density at radius 2 is 1.31 bits per heavy atom. The predicted octanol–water partition coefficient (Wildman–Crippen LogP) is 4.48. The van der Waals surface area contributed by atoms with Gasteiger partial charge in [-0.15, -0.1) is 0 Å². The van der Waals surface area contributed by atoms with E-state index >= 15 is 0 Å². The van der Waals surface area contributed by atoms with Crippen LogP contribution in [0.25, 0.3) is 11.1 Å². The lowest BCUT2D eigenvalue weighted by molar-refractivity contribution is 0.0686. The van der Waals surface area contributed by atoms with E-state index in [-0.39, 0.29) is 33.0 Å². The highest BCUT2D eigenvalue weighted by Crippen LogP contribution is 2.36. The lowest BCUT2D eigenvalue weighted by atomic mass is 10.0. The largest absolute Gasteiger partial charge is 0.478 e. The molecule has 0 aromatic heterocycles. The van der Waals surface area contributed by atoms with Crippen LogP contribution in [0.1, 0.15) is 41.4 Å². The molecule has 7 nitrogen and oxygen atoms in total. The molecule has 1 aliphatic rings. The highest BCUT2D eigenvalue weighted by molar-refractivity contribution is 6.39. The molecular weight excluding hydrogens is 448 g/mol. The van der Waals surface area contributed by atoms with Crippen LogP contribution < -0.4 is 4.90 Å². The molecule has 1 heterocycles. The van der Waals surface area contributed by atoms with Crippen LogP contribution in [-0.4, -0.2) is 34.0 Å². The van der Waals surface area contributed by atoms with Gasteiger partial charge in [-0.1, -0.05) is 23.7 Å². The Morgan fingerprint density at radius 3 is 1.91 bits per heavy atom. The topological polar surface area (TPSA) is 112 Å². The Balaban J connectivity index is 1.89. The van der Waals surface area contributed by atoms with Crippen LogP contribution in [0.15, 0.2) is 48.5 Å². The van der Waals surface area contributed by atoms with Crippen LogP contribution in [0.5, 0.6) is 0 Å². The second-order valence-electron chi connectivity index (χ2n) is 6.79. The molecule has 4 rings (SSSR count). The number of aromatic carboxylic acids is 2. The lowest BCUT2D eigenvalue weighted by Crippen LogP contribution is -2.31. The number of amides is 2. The number of hydrogen-bond acceptors (Lipinski definition) is 4. The first-order valence-electron chi connectivity index (χ1n) is 8.88. The SMILES string of the molecule is O=C(O)c1cc2c(cc1Cl)C(=O)N(c1cc(-c3ccc(F)c(F)c3)ccc1C(=O)O)C2=O. The number of anilines is 1. The van der Waals surface area contributed by atoms with Crippen molar-refractivity contribution in [3.63, 3.8) is 0 Å². The van der Waals surface area contributed by atoms with E-state index in [9.17, 15) is 38.2 Å². The molecule has 0 radical (unpaired) electrons. The number of carbonyl (C=O) groups is 4. The first-order chi connectivity index (χ1) is 15.1. The molecule has 1 aliphatic heterocycles. The van der Waals surface area contributed by atoms with Crippen molar-refractivity contribution < 1.29 is 38.2 Å². The molecule has 0 unspecified atom stereocenters. The zero-order valence-electron chi connectivity index (χ0n) is 15.7. The van der Waals surface area contributed by atoms with Crippen molar-refractivity contribution in [2.24, 2.45) is 0 Å². The van der Waals surface area contributed by atoms with Crippen LogP contribution in [0, 0.1) is 11.6 Å². The number of hydrogen-bond donors (Lipinski definition) is 2. The van der Waals surface area contributed by atoms with E-state index < -0.39 is 46.5 Å². The summed E-state index contributed by atoms with van der Waals surface area (Å²) in [6.07, 6.45) is 0. The number of fused-ring (bicyclic) bond motifs is 1. The fourth-order valence-electron chi connectivity index (χ4n) is 3.40. The molecule has 2 N–H and O–H groups in total. The summed E-state index contributed by atoms with van der Waals surface area (Å²) in [7, 11) is 0. The number of carboxylic acids is 2. The van der Waals surface area contributed by atoms with Gasteiger partial charge in [0.25, 0.3) is 11.8 Å². The molecule has 0 saturated heterocycles. The Kier molecular flexibility index (Phi) is 4.98. The number of nitrogens with zero attached hydrogens (tertiary/aromatic N) is 1. The van der Waals surface area contributed by atoms with Crippen molar-refractivity contribution in [3.8, 4) is 11.1 Å². The quantitative estimate of drug-likeness (QED) is 0.558. The van der Waals surface area contributed by atoms with Gasteiger partial charge in [-0.2, -0.15) is 0 Å². The average Bonchev–Trinajstić information content (AvgIpc) is 2.98. The molecule has 160 valence electrons. The molecule has 0 fully saturated rings. The van der Waals surface area contributed by atoms with Crippen LogP contribution >= 0.6 is 11.6 Å². The normalized spacial score (nSPS) is 12.8.